The maximum Gasteiger partial charge on any atom is 0.417 e. The molecule has 0 unspecified atom stereocenters. The number of nitriles is 1. The lowest BCUT2D eigenvalue weighted by atomic mass is 10.1. The third-order valence-electron chi connectivity index (χ3n) is 3.64. The average molecular weight is 410 g/mol. The lowest BCUT2D eigenvalue weighted by Crippen LogP contribution is -2.18. The van der Waals surface area contributed by atoms with Crippen molar-refractivity contribution in [1.82, 2.24) is 5.32 Å². The Balaban J connectivity index is 1.98. The Bertz CT molecular complexity index is 920. The Hall–Kier alpha value is -3.18. The number of rotatable bonds is 6. The molecule has 3 N–H and O–H groups in total. The van der Waals surface area contributed by atoms with Gasteiger partial charge in [0.15, 0.2) is 0 Å². The average Bonchev–Trinajstić information content (AvgIpc) is 2.64. The second-order valence-electron chi connectivity index (χ2n) is 5.69. The molecule has 0 saturated carbocycles. The first-order valence-corrected chi connectivity index (χ1v) is 8.38. The number of hydrogen-bond acceptors (Lipinski definition) is 4. The number of nitrogens with one attached hydrogen (secondary N) is 2. The fourth-order valence-corrected chi connectivity index (χ4v) is 2.45. The zero-order valence-corrected chi connectivity index (χ0v) is 15.1. The number of halogens is 4. The molecular formula is C19H15ClF3N3O2. The number of benzene rings is 2. The first-order valence-electron chi connectivity index (χ1n) is 8.00. The van der Waals surface area contributed by atoms with E-state index in [9.17, 15) is 23.1 Å². The van der Waals surface area contributed by atoms with E-state index >= 15 is 0 Å². The summed E-state index contributed by atoms with van der Waals surface area (Å²) in [6.07, 6.45) is -2.90. The standard InChI is InChI=1S/C19H15ClF3N3O2/c20-17-6-3-14(9-16(17)19(21,22)23)26-18(28)13(10-24)11-25-8-7-12-1-4-15(27)5-2-12/h1-6,9,11,25,27H,7-8H2,(H,26,28)/b13-11-. The van der Waals surface area contributed by atoms with Crippen LogP contribution in [0.5, 0.6) is 5.75 Å². The summed E-state index contributed by atoms with van der Waals surface area (Å²) in [6, 6.07) is 11.2. The molecule has 0 fully saturated rings. The molecule has 28 heavy (non-hydrogen) atoms. The Morgan fingerprint density at radius 3 is 2.50 bits per heavy atom. The van der Waals surface area contributed by atoms with Gasteiger partial charge in [-0.2, -0.15) is 18.4 Å². The summed E-state index contributed by atoms with van der Waals surface area (Å²) in [5.41, 5.74) is -0.579. The molecule has 0 aliphatic rings. The van der Waals surface area contributed by atoms with E-state index in [-0.39, 0.29) is 17.0 Å². The minimum absolute atomic E-state index is 0.132. The van der Waals surface area contributed by atoms with E-state index in [1.165, 1.54) is 12.3 Å². The summed E-state index contributed by atoms with van der Waals surface area (Å²) < 4.78 is 38.6. The van der Waals surface area contributed by atoms with Crippen LogP contribution in [0.25, 0.3) is 0 Å². The minimum atomic E-state index is -4.67. The SMILES string of the molecule is N#C/C(=C/NCCc1ccc(O)cc1)C(=O)Nc1ccc(Cl)c(C(F)(F)F)c1. The first kappa shape index (κ1) is 21.1. The van der Waals surface area contributed by atoms with Crippen LogP contribution in [0.4, 0.5) is 18.9 Å². The van der Waals surface area contributed by atoms with E-state index < -0.39 is 22.7 Å². The maximum absolute atomic E-state index is 12.9. The number of amides is 1. The van der Waals surface area contributed by atoms with E-state index in [0.29, 0.717) is 19.0 Å². The van der Waals surface area contributed by atoms with Gasteiger partial charge in [0.05, 0.1) is 10.6 Å². The molecular weight excluding hydrogens is 395 g/mol. The third kappa shape index (κ3) is 5.93. The number of hydrogen-bond donors (Lipinski definition) is 3. The Morgan fingerprint density at radius 1 is 1.21 bits per heavy atom. The van der Waals surface area contributed by atoms with E-state index in [0.717, 1.165) is 11.6 Å². The normalized spacial score (nSPS) is 11.6. The van der Waals surface area contributed by atoms with Crippen molar-refractivity contribution < 1.29 is 23.1 Å². The predicted molar refractivity (Wildman–Crippen MR) is 98.6 cm³/mol. The topological polar surface area (TPSA) is 85.2 Å². The molecule has 1 amide bonds. The zero-order chi connectivity index (χ0) is 20.7. The number of carbonyl (C=O) groups excluding carboxylic acids is 1. The van der Waals surface area contributed by atoms with Crippen LogP contribution in [0.2, 0.25) is 5.02 Å². The molecule has 0 spiro atoms. The van der Waals surface area contributed by atoms with Gasteiger partial charge in [-0.25, -0.2) is 0 Å². The molecule has 2 aromatic carbocycles. The number of anilines is 1. The molecule has 5 nitrogen and oxygen atoms in total. The van der Waals surface area contributed by atoms with Crippen LogP contribution < -0.4 is 10.6 Å². The Morgan fingerprint density at radius 2 is 1.89 bits per heavy atom. The highest BCUT2D eigenvalue weighted by Gasteiger charge is 2.33. The van der Waals surface area contributed by atoms with Gasteiger partial charge in [-0.1, -0.05) is 23.7 Å². The van der Waals surface area contributed by atoms with Gasteiger partial charge in [0.2, 0.25) is 0 Å². The summed E-state index contributed by atoms with van der Waals surface area (Å²) >= 11 is 5.53. The lowest BCUT2D eigenvalue weighted by Gasteiger charge is -2.11. The molecule has 0 bridgehead atoms. The van der Waals surface area contributed by atoms with Crippen molar-refractivity contribution in [2.75, 3.05) is 11.9 Å². The molecule has 2 aromatic rings. The maximum atomic E-state index is 12.9. The second kappa shape index (κ2) is 9.15. The first-order chi connectivity index (χ1) is 13.2. The van der Waals surface area contributed by atoms with Crippen LogP contribution in [-0.4, -0.2) is 17.6 Å². The minimum Gasteiger partial charge on any atom is -0.508 e. The molecule has 0 radical (unpaired) electrons. The van der Waals surface area contributed by atoms with Crippen molar-refractivity contribution in [3.8, 4) is 11.8 Å². The lowest BCUT2D eigenvalue weighted by molar-refractivity contribution is -0.137. The van der Waals surface area contributed by atoms with Crippen molar-refractivity contribution in [3.63, 3.8) is 0 Å². The van der Waals surface area contributed by atoms with Gasteiger partial charge >= 0.3 is 6.18 Å². The monoisotopic (exact) mass is 409 g/mol. The van der Waals surface area contributed by atoms with Crippen molar-refractivity contribution >= 4 is 23.2 Å². The van der Waals surface area contributed by atoms with E-state index in [1.807, 2.05) is 0 Å². The van der Waals surface area contributed by atoms with E-state index in [1.54, 1.807) is 30.3 Å². The van der Waals surface area contributed by atoms with Crippen LogP contribution >= 0.6 is 11.6 Å². The van der Waals surface area contributed by atoms with Gasteiger partial charge in [-0.15, -0.1) is 0 Å². The number of phenolic OH excluding ortho intramolecular Hbond substituents is 1. The molecule has 146 valence electrons. The van der Waals surface area contributed by atoms with Crippen molar-refractivity contribution in [2.24, 2.45) is 0 Å². The molecule has 0 saturated heterocycles. The predicted octanol–water partition coefficient (Wildman–Crippen LogP) is 4.24. The van der Waals surface area contributed by atoms with Crippen molar-refractivity contribution in [3.05, 3.63) is 70.4 Å². The highest BCUT2D eigenvalue weighted by Crippen LogP contribution is 2.36. The van der Waals surface area contributed by atoms with Crippen LogP contribution in [0, 0.1) is 11.3 Å². The number of alkyl halides is 3. The Labute approximate surface area is 164 Å². The fourth-order valence-electron chi connectivity index (χ4n) is 2.22. The molecule has 0 aliphatic carbocycles. The van der Waals surface area contributed by atoms with Gasteiger partial charge in [0.25, 0.3) is 5.91 Å². The Kier molecular flexibility index (Phi) is 6.90. The summed E-state index contributed by atoms with van der Waals surface area (Å²) in [4.78, 5) is 12.1. The fraction of sp³-hybridized carbons (Fsp3) is 0.158. The molecule has 0 heterocycles. The molecule has 0 atom stereocenters. The number of carbonyl (C=O) groups is 1. The van der Waals surface area contributed by atoms with Crippen LogP contribution in [0.1, 0.15) is 11.1 Å². The van der Waals surface area contributed by atoms with E-state index in [2.05, 4.69) is 10.6 Å². The van der Waals surface area contributed by atoms with Crippen molar-refractivity contribution in [2.45, 2.75) is 12.6 Å². The summed E-state index contributed by atoms with van der Waals surface area (Å²) in [5.74, 6) is -0.703. The van der Waals surface area contributed by atoms with Gasteiger partial charge in [0.1, 0.15) is 17.4 Å². The summed E-state index contributed by atoms with van der Waals surface area (Å²) in [7, 11) is 0. The number of aromatic hydroxyl groups is 1. The quantitative estimate of drug-likeness (QED) is 0.378. The van der Waals surface area contributed by atoms with Gasteiger partial charge < -0.3 is 15.7 Å². The van der Waals surface area contributed by atoms with Gasteiger partial charge in [0, 0.05) is 18.4 Å². The second-order valence-corrected chi connectivity index (χ2v) is 6.09. The van der Waals surface area contributed by atoms with Crippen LogP contribution in [0.3, 0.4) is 0 Å². The third-order valence-corrected chi connectivity index (χ3v) is 3.97. The molecule has 9 heteroatoms. The highest BCUT2D eigenvalue weighted by molar-refractivity contribution is 6.31. The van der Waals surface area contributed by atoms with Crippen LogP contribution in [0.15, 0.2) is 54.2 Å². The smallest absolute Gasteiger partial charge is 0.417 e. The van der Waals surface area contributed by atoms with Crippen molar-refractivity contribution in [1.29, 1.82) is 5.26 Å². The summed E-state index contributed by atoms with van der Waals surface area (Å²) in [6.45, 7) is 0.405. The zero-order valence-electron chi connectivity index (χ0n) is 14.3. The van der Waals surface area contributed by atoms with Crippen LogP contribution in [-0.2, 0) is 17.4 Å². The molecule has 2 rings (SSSR count). The summed E-state index contributed by atoms with van der Waals surface area (Å²) in [5, 5.41) is 22.9. The molecule has 0 aliphatic heterocycles. The highest BCUT2D eigenvalue weighted by atomic mass is 35.5. The number of phenols is 1. The molecule has 0 aromatic heterocycles. The largest absolute Gasteiger partial charge is 0.508 e. The van der Waals surface area contributed by atoms with Gasteiger partial charge in [-0.05, 0) is 42.3 Å². The number of nitrogens with zero attached hydrogens (tertiary/aromatic N) is 1. The van der Waals surface area contributed by atoms with Gasteiger partial charge in [-0.3, -0.25) is 4.79 Å². The van der Waals surface area contributed by atoms with E-state index in [4.69, 9.17) is 16.9 Å².